The van der Waals surface area contributed by atoms with Crippen LogP contribution in [-0.2, 0) is 0 Å². The van der Waals surface area contributed by atoms with Gasteiger partial charge in [0.25, 0.3) is 5.56 Å². The van der Waals surface area contributed by atoms with E-state index >= 15 is 0 Å². The van der Waals surface area contributed by atoms with Crippen LogP contribution >= 0.6 is 15.9 Å². The summed E-state index contributed by atoms with van der Waals surface area (Å²) >= 11 is 3.46. The second kappa shape index (κ2) is 6.49. The summed E-state index contributed by atoms with van der Waals surface area (Å²) < 4.78 is 11.7. The minimum absolute atomic E-state index is 0.00214. The van der Waals surface area contributed by atoms with Crippen molar-refractivity contribution >= 4 is 26.8 Å². The normalized spacial score (nSPS) is 15.8. The molecule has 4 rings (SSSR count). The van der Waals surface area contributed by atoms with Crippen LogP contribution in [0.25, 0.3) is 10.9 Å². The molecule has 0 fully saturated rings. The van der Waals surface area contributed by atoms with E-state index in [2.05, 4.69) is 27.0 Å². The van der Waals surface area contributed by atoms with E-state index in [1.54, 1.807) is 19.2 Å². The summed E-state index contributed by atoms with van der Waals surface area (Å²) in [5.74, 6) is 0.378. The van der Waals surface area contributed by atoms with E-state index in [-0.39, 0.29) is 17.0 Å². The predicted molar refractivity (Wildman–Crippen MR) is 105 cm³/mol. The Morgan fingerprint density at radius 1 is 1.30 bits per heavy atom. The van der Waals surface area contributed by atoms with Crippen molar-refractivity contribution in [2.75, 3.05) is 7.11 Å². The van der Waals surface area contributed by atoms with Gasteiger partial charge in [-0.2, -0.15) is 5.26 Å². The van der Waals surface area contributed by atoms with E-state index in [1.165, 1.54) is 0 Å². The molecule has 0 amide bonds. The van der Waals surface area contributed by atoms with Crippen LogP contribution in [0.2, 0.25) is 0 Å². The van der Waals surface area contributed by atoms with Crippen LogP contribution in [0.1, 0.15) is 17.0 Å². The van der Waals surface area contributed by atoms with Gasteiger partial charge in [-0.25, -0.2) is 0 Å². The Morgan fingerprint density at radius 3 is 2.78 bits per heavy atom. The van der Waals surface area contributed by atoms with Gasteiger partial charge in [0.05, 0.1) is 28.6 Å². The van der Waals surface area contributed by atoms with E-state index in [1.807, 2.05) is 30.3 Å². The number of pyridine rings is 1. The molecule has 134 valence electrons. The van der Waals surface area contributed by atoms with Gasteiger partial charge >= 0.3 is 0 Å². The molecule has 0 bridgehead atoms. The summed E-state index contributed by atoms with van der Waals surface area (Å²) in [4.78, 5) is 15.8. The van der Waals surface area contributed by atoms with E-state index in [0.29, 0.717) is 27.1 Å². The first-order chi connectivity index (χ1) is 13.0. The third-order valence-electron chi connectivity index (χ3n) is 4.59. The van der Waals surface area contributed by atoms with E-state index in [4.69, 9.17) is 15.2 Å². The Balaban J connectivity index is 2.05. The number of hydrogen-bond acceptors (Lipinski definition) is 5. The number of ether oxygens (including phenoxy) is 2. The lowest BCUT2D eigenvalue weighted by molar-refractivity contribution is 0.396. The molecular formula is C20H14BrN3O3. The lowest BCUT2D eigenvalue weighted by Gasteiger charge is -2.26. The van der Waals surface area contributed by atoms with Crippen molar-refractivity contribution in [3.05, 3.63) is 79.9 Å². The monoisotopic (exact) mass is 423 g/mol. The fourth-order valence-corrected chi connectivity index (χ4v) is 3.93. The first-order valence-electron chi connectivity index (χ1n) is 8.11. The van der Waals surface area contributed by atoms with E-state index in [9.17, 15) is 10.1 Å². The van der Waals surface area contributed by atoms with Crippen molar-refractivity contribution in [1.29, 1.82) is 5.26 Å². The van der Waals surface area contributed by atoms with Crippen LogP contribution in [0.4, 0.5) is 0 Å². The fraction of sp³-hybridized carbons (Fsp3) is 0.100. The predicted octanol–water partition coefficient (Wildman–Crippen LogP) is 3.52. The van der Waals surface area contributed by atoms with Gasteiger partial charge in [-0.3, -0.25) is 4.79 Å². The number of fused-ring (bicyclic) bond motifs is 3. The third kappa shape index (κ3) is 2.66. The standard InChI is InChI=1S/C20H14BrN3O3/c1-26-15-7-6-10(8-13(15)21)16-12(9-22)19(23)27-18-11-4-2-3-5-14(11)24-20(25)17(16)18/h2-8,16H,23H2,1H3,(H,24,25)/t16-/m0/s1. The Kier molecular flexibility index (Phi) is 4.13. The van der Waals surface area contributed by atoms with Crippen molar-refractivity contribution in [3.8, 4) is 17.6 Å². The Morgan fingerprint density at radius 2 is 2.07 bits per heavy atom. The maximum absolute atomic E-state index is 12.9. The highest BCUT2D eigenvalue weighted by atomic mass is 79.9. The van der Waals surface area contributed by atoms with Crippen LogP contribution in [0.15, 0.2) is 63.2 Å². The Hall–Kier alpha value is -3.24. The third-order valence-corrected chi connectivity index (χ3v) is 5.21. The van der Waals surface area contributed by atoms with Gasteiger partial charge < -0.3 is 20.2 Å². The number of allylic oxidation sites excluding steroid dienone is 1. The number of nitrogens with two attached hydrogens (primary N) is 1. The molecule has 27 heavy (non-hydrogen) atoms. The van der Waals surface area contributed by atoms with Gasteiger partial charge in [0.15, 0.2) is 0 Å². The van der Waals surface area contributed by atoms with Gasteiger partial charge in [0.2, 0.25) is 5.88 Å². The first kappa shape index (κ1) is 17.2. The molecular weight excluding hydrogens is 410 g/mol. The zero-order valence-corrected chi connectivity index (χ0v) is 15.8. The van der Waals surface area contributed by atoms with Crippen molar-refractivity contribution in [2.45, 2.75) is 5.92 Å². The molecule has 1 aliphatic rings. The average molecular weight is 424 g/mol. The summed E-state index contributed by atoms with van der Waals surface area (Å²) in [6, 6.07) is 14.8. The van der Waals surface area contributed by atoms with Crippen LogP contribution in [0.3, 0.4) is 0 Å². The number of rotatable bonds is 2. The lowest BCUT2D eigenvalue weighted by Crippen LogP contribution is -2.27. The zero-order valence-electron chi connectivity index (χ0n) is 14.2. The number of para-hydroxylation sites is 1. The summed E-state index contributed by atoms with van der Waals surface area (Å²) in [6.07, 6.45) is 0. The number of H-pyrrole nitrogens is 1. The number of nitrogens with zero attached hydrogens (tertiary/aromatic N) is 1. The minimum Gasteiger partial charge on any atom is -0.496 e. The van der Waals surface area contributed by atoms with Crippen molar-refractivity contribution < 1.29 is 9.47 Å². The zero-order chi connectivity index (χ0) is 19.1. The second-order valence-electron chi connectivity index (χ2n) is 6.06. The van der Waals surface area contributed by atoms with E-state index < -0.39 is 5.92 Å². The second-order valence-corrected chi connectivity index (χ2v) is 6.92. The molecule has 0 saturated carbocycles. The minimum atomic E-state index is -0.644. The SMILES string of the molecule is COc1ccc([C@H]2C(C#N)=C(N)Oc3c2c(=O)[nH]c2ccccc32)cc1Br. The molecule has 1 aromatic heterocycles. The number of benzene rings is 2. The van der Waals surface area contributed by atoms with Crippen molar-refractivity contribution in [3.63, 3.8) is 0 Å². The van der Waals surface area contributed by atoms with Crippen molar-refractivity contribution in [1.82, 2.24) is 4.98 Å². The molecule has 2 heterocycles. The Labute approximate surface area is 163 Å². The molecule has 6 nitrogen and oxygen atoms in total. The molecule has 1 aliphatic heterocycles. The summed E-state index contributed by atoms with van der Waals surface area (Å²) in [6.45, 7) is 0. The van der Waals surface area contributed by atoms with E-state index in [0.717, 1.165) is 10.9 Å². The molecule has 7 heteroatoms. The topological polar surface area (TPSA) is 101 Å². The van der Waals surface area contributed by atoms with Crippen LogP contribution < -0.4 is 20.8 Å². The van der Waals surface area contributed by atoms with Gasteiger partial charge in [0, 0.05) is 5.39 Å². The fourth-order valence-electron chi connectivity index (χ4n) is 3.37. The highest BCUT2D eigenvalue weighted by molar-refractivity contribution is 9.10. The van der Waals surface area contributed by atoms with Crippen LogP contribution in [0.5, 0.6) is 11.5 Å². The highest BCUT2D eigenvalue weighted by Crippen LogP contribution is 2.44. The molecule has 0 spiro atoms. The number of aromatic nitrogens is 1. The number of hydrogen-bond donors (Lipinski definition) is 2. The van der Waals surface area contributed by atoms with Crippen molar-refractivity contribution in [2.24, 2.45) is 5.73 Å². The number of methoxy groups -OCH3 is 1. The molecule has 3 aromatic rings. The molecule has 2 aromatic carbocycles. The number of nitrogens with one attached hydrogen (secondary N) is 1. The van der Waals surface area contributed by atoms with Crippen LogP contribution in [0, 0.1) is 11.3 Å². The van der Waals surface area contributed by atoms with Gasteiger partial charge in [-0.1, -0.05) is 18.2 Å². The molecule has 1 atom stereocenters. The summed E-state index contributed by atoms with van der Waals surface area (Å²) in [5.41, 5.74) is 7.66. The molecule has 0 unspecified atom stereocenters. The maximum atomic E-state index is 12.9. The summed E-state index contributed by atoms with van der Waals surface area (Å²) in [5, 5.41) is 10.4. The molecule has 3 N–H and O–H groups in total. The van der Waals surface area contributed by atoms with Crippen LogP contribution in [-0.4, -0.2) is 12.1 Å². The number of halogens is 1. The molecule has 0 saturated heterocycles. The van der Waals surface area contributed by atoms with Gasteiger partial charge in [-0.15, -0.1) is 0 Å². The largest absolute Gasteiger partial charge is 0.496 e. The maximum Gasteiger partial charge on any atom is 0.256 e. The average Bonchev–Trinajstić information content (AvgIpc) is 2.67. The van der Waals surface area contributed by atoms with Gasteiger partial charge in [-0.05, 0) is 45.8 Å². The quantitative estimate of drug-likeness (QED) is 0.656. The summed E-state index contributed by atoms with van der Waals surface area (Å²) in [7, 11) is 1.57. The first-order valence-corrected chi connectivity index (χ1v) is 8.90. The number of nitriles is 1. The smallest absolute Gasteiger partial charge is 0.256 e. The number of aromatic amines is 1. The van der Waals surface area contributed by atoms with Gasteiger partial charge in [0.1, 0.15) is 23.1 Å². The highest BCUT2D eigenvalue weighted by Gasteiger charge is 2.34. The molecule has 0 aliphatic carbocycles. The Bertz CT molecular complexity index is 1210. The molecule has 0 radical (unpaired) electrons. The lowest BCUT2D eigenvalue weighted by atomic mass is 9.83.